The van der Waals surface area contributed by atoms with E-state index in [1.165, 1.54) is 0 Å². The molecular formula is C18H28BNO3. The topological polar surface area (TPSA) is 75.7 Å². The SMILES string of the molecule is CC1(C)[C@@H]2C[C@@H](O)[C@@](C)(OB(O)[C@@H](N)Cc3ccccc3)[C@H]1C2. The molecule has 0 aliphatic heterocycles. The van der Waals surface area contributed by atoms with Gasteiger partial charge in [0.05, 0.1) is 11.7 Å². The van der Waals surface area contributed by atoms with Crippen molar-refractivity contribution >= 4 is 7.12 Å². The number of rotatable bonds is 5. The summed E-state index contributed by atoms with van der Waals surface area (Å²) in [6, 6.07) is 9.85. The largest absolute Gasteiger partial charge is 0.472 e. The molecule has 0 saturated heterocycles. The van der Waals surface area contributed by atoms with Crippen LogP contribution >= 0.6 is 0 Å². The summed E-state index contributed by atoms with van der Waals surface area (Å²) in [7, 11) is -1.08. The average molecular weight is 317 g/mol. The molecular weight excluding hydrogens is 289 g/mol. The molecule has 4 nitrogen and oxygen atoms in total. The van der Waals surface area contributed by atoms with Gasteiger partial charge in [-0.15, -0.1) is 0 Å². The number of aliphatic hydroxyl groups excluding tert-OH is 1. The zero-order valence-electron chi connectivity index (χ0n) is 14.3. The van der Waals surface area contributed by atoms with E-state index < -0.39 is 24.8 Å². The van der Waals surface area contributed by atoms with Crippen LogP contribution in [0.3, 0.4) is 0 Å². The molecule has 4 rings (SSSR count). The first-order valence-corrected chi connectivity index (χ1v) is 8.58. The summed E-state index contributed by atoms with van der Waals surface area (Å²) in [5.41, 5.74) is 6.63. The van der Waals surface area contributed by atoms with Crippen LogP contribution < -0.4 is 5.73 Å². The quantitative estimate of drug-likeness (QED) is 0.724. The Hall–Kier alpha value is -0.875. The van der Waals surface area contributed by atoms with Gasteiger partial charge in [0, 0.05) is 5.94 Å². The fourth-order valence-corrected chi connectivity index (χ4v) is 4.62. The molecule has 3 fully saturated rings. The smallest absolute Gasteiger partial charge is 0.426 e. The van der Waals surface area contributed by atoms with E-state index in [9.17, 15) is 10.1 Å². The van der Waals surface area contributed by atoms with E-state index in [2.05, 4.69) is 13.8 Å². The summed E-state index contributed by atoms with van der Waals surface area (Å²) in [6.45, 7) is 6.39. The van der Waals surface area contributed by atoms with Crippen LogP contribution in [0.15, 0.2) is 30.3 Å². The number of hydrogen-bond acceptors (Lipinski definition) is 4. The Balaban J connectivity index is 1.67. The van der Waals surface area contributed by atoms with Gasteiger partial charge in [0.1, 0.15) is 0 Å². The monoisotopic (exact) mass is 317 g/mol. The van der Waals surface area contributed by atoms with E-state index in [0.29, 0.717) is 12.3 Å². The zero-order chi connectivity index (χ0) is 16.8. The third-order valence-corrected chi connectivity index (χ3v) is 6.39. The summed E-state index contributed by atoms with van der Waals surface area (Å²) in [5, 5.41) is 21.0. The van der Waals surface area contributed by atoms with Crippen molar-refractivity contribution in [2.24, 2.45) is 23.0 Å². The molecule has 5 heteroatoms. The van der Waals surface area contributed by atoms with Gasteiger partial charge in [0.15, 0.2) is 0 Å². The van der Waals surface area contributed by atoms with Crippen LogP contribution in [0.2, 0.25) is 0 Å². The molecule has 3 aliphatic rings. The minimum atomic E-state index is -1.08. The van der Waals surface area contributed by atoms with Gasteiger partial charge in [-0.3, -0.25) is 0 Å². The lowest BCUT2D eigenvalue weighted by Crippen LogP contribution is -2.69. The minimum absolute atomic E-state index is 0.150. The van der Waals surface area contributed by atoms with Crippen molar-refractivity contribution in [1.29, 1.82) is 0 Å². The molecule has 126 valence electrons. The molecule has 1 aromatic carbocycles. The maximum Gasteiger partial charge on any atom is 0.472 e. The first kappa shape index (κ1) is 17.0. The molecule has 3 saturated carbocycles. The van der Waals surface area contributed by atoms with Crippen LogP contribution in [0.4, 0.5) is 0 Å². The molecule has 5 atom stereocenters. The average Bonchev–Trinajstić information content (AvgIpc) is 2.50. The van der Waals surface area contributed by atoms with Crippen LogP contribution in [0.1, 0.15) is 39.2 Å². The van der Waals surface area contributed by atoms with Crippen LogP contribution in [0, 0.1) is 17.3 Å². The van der Waals surface area contributed by atoms with Crippen LogP contribution in [0.25, 0.3) is 0 Å². The lowest BCUT2D eigenvalue weighted by Gasteiger charge is -2.66. The predicted octanol–water partition coefficient (Wildman–Crippen LogP) is 1.78. The molecule has 0 heterocycles. The summed E-state index contributed by atoms with van der Waals surface area (Å²) in [6.07, 6.45) is 1.80. The highest BCUT2D eigenvalue weighted by molar-refractivity contribution is 6.45. The third kappa shape index (κ3) is 2.84. The fraction of sp³-hybridized carbons (Fsp3) is 0.667. The number of fused-ring (bicyclic) bond motifs is 2. The highest BCUT2D eigenvalue weighted by Crippen LogP contribution is 2.63. The Morgan fingerprint density at radius 1 is 1.26 bits per heavy atom. The first-order chi connectivity index (χ1) is 10.7. The molecule has 23 heavy (non-hydrogen) atoms. The van der Waals surface area contributed by atoms with Crippen molar-refractivity contribution < 1.29 is 14.8 Å². The molecule has 1 aromatic rings. The van der Waals surface area contributed by atoms with Gasteiger partial charge in [-0.25, -0.2) is 0 Å². The maximum atomic E-state index is 10.5. The van der Waals surface area contributed by atoms with Crippen molar-refractivity contribution in [3.63, 3.8) is 0 Å². The van der Waals surface area contributed by atoms with E-state index in [-0.39, 0.29) is 11.3 Å². The van der Waals surface area contributed by atoms with Crippen molar-refractivity contribution in [3.8, 4) is 0 Å². The lowest BCUT2D eigenvalue weighted by molar-refractivity contribution is -0.239. The highest BCUT2D eigenvalue weighted by Gasteiger charge is 2.64. The van der Waals surface area contributed by atoms with E-state index in [0.717, 1.165) is 18.4 Å². The van der Waals surface area contributed by atoms with Crippen molar-refractivity contribution in [2.45, 2.75) is 57.7 Å². The summed E-state index contributed by atoms with van der Waals surface area (Å²) < 4.78 is 5.99. The van der Waals surface area contributed by atoms with Gasteiger partial charge in [-0.2, -0.15) is 0 Å². The molecule has 2 bridgehead atoms. The number of nitrogens with two attached hydrogens (primary N) is 1. The van der Waals surface area contributed by atoms with E-state index in [1.54, 1.807) is 0 Å². The summed E-state index contributed by atoms with van der Waals surface area (Å²) in [5.74, 6) is 0.291. The zero-order valence-corrected chi connectivity index (χ0v) is 14.3. The predicted molar refractivity (Wildman–Crippen MR) is 91.6 cm³/mol. The molecule has 0 unspecified atom stereocenters. The Bertz CT molecular complexity index is 552. The highest BCUT2D eigenvalue weighted by atomic mass is 16.5. The summed E-state index contributed by atoms with van der Waals surface area (Å²) in [4.78, 5) is 0. The van der Waals surface area contributed by atoms with E-state index in [1.807, 2.05) is 37.3 Å². The van der Waals surface area contributed by atoms with Crippen LogP contribution in [0.5, 0.6) is 0 Å². The Kier molecular flexibility index (Phi) is 4.34. The van der Waals surface area contributed by atoms with Gasteiger partial charge in [-0.05, 0) is 49.0 Å². The Morgan fingerprint density at radius 3 is 2.52 bits per heavy atom. The second-order valence-corrected chi connectivity index (χ2v) is 8.10. The van der Waals surface area contributed by atoms with Crippen molar-refractivity contribution in [3.05, 3.63) is 35.9 Å². The minimum Gasteiger partial charge on any atom is -0.426 e. The van der Waals surface area contributed by atoms with Crippen LogP contribution in [-0.4, -0.2) is 34.9 Å². The van der Waals surface area contributed by atoms with E-state index >= 15 is 0 Å². The van der Waals surface area contributed by atoms with Crippen LogP contribution in [-0.2, 0) is 11.1 Å². The van der Waals surface area contributed by atoms with Crippen molar-refractivity contribution in [2.75, 3.05) is 0 Å². The second-order valence-electron chi connectivity index (χ2n) is 8.10. The molecule has 0 radical (unpaired) electrons. The van der Waals surface area contributed by atoms with Gasteiger partial charge < -0.3 is 20.5 Å². The number of benzene rings is 1. The number of aliphatic hydroxyl groups is 1. The Labute approximate surface area is 139 Å². The third-order valence-electron chi connectivity index (χ3n) is 6.39. The van der Waals surface area contributed by atoms with E-state index in [4.69, 9.17) is 10.4 Å². The molecule has 0 spiro atoms. The molecule has 3 aliphatic carbocycles. The molecule has 4 N–H and O–H groups in total. The van der Waals surface area contributed by atoms with Gasteiger partial charge in [0.25, 0.3) is 0 Å². The lowest BCUT2D eigenvalue weighted by atomic mass is 9.43. The normalized spacial score (nSPS) is 36.2. The Morgan fingerprint density at radius 2 is 1.91 bits per heavy atom. The molecule has 0 amide bonds. The fourth-order valence-electron chi connectivity index (χ4n) is 4.62. The molecule has 0 aromatic heterocycles. The summed E-state index contributed by atoms with van der Waals surface area (Å²) >= 11 is 0. The van der Waals surface area contributed by atoms with Gasteiger partial charge >= 0.3 is 7.12 Å². The van der Waals surface area contributed by atoms with Gasteiger partial charge in [-0.1, -0.05) is 44.2 Å². The second kappa shape index (κ2) is 5.89. The number of hydrogen-bond donors (Lipinski definition) is 3. The van der Waals surface area contributed by atoms with Crippen molar-refractivity contribution in [1.82, 2.24) is 0 Å². The van der Waals surface area contributed by atoms with Gasteiger partial charge in [0.2, 0.25) is 0 Å². The first-order valence-electron chi connectivity index (χ1n) is 8.58. The standard InChI is InChI=1S/C18H28BNO3/c1-17(2)13-10-14(17)18(3,15(21)11-13)23-19(22)16(20)9-12-7-5-4-6-8-12/h4-8,13-16,21-22H,9-11,20H2,1-3H3/t13-,14-,15+,16-,18-/m0/s1. The maximum absolute atomic E-state index is 10.5.